The number of benzene rings is 1. The number of nitrogens with zero attached hydrogens (tertiary/aromatic N) is 2. The van der Waals surface area contributed by atoms with Gasteiger partial charge in [-0.25, -0.2) is 4.39 Å². The normalized spacial score (nSPS) is 13.4. The predicted octanol–water partition coefficient (Wildman–Crippen LogP) is 3.48. The Hall–Kier alpha value is -1.33. The summed E-state index contributed by atoms with van der Waals surface area (Å²) in [5.41, 5.74) is 1.63. The molecule has 2 aromatic rings. The Kier molecular flexibility index (Phi) is 4.50. The summed E-state index contributed by atoms with van der Waals surface area (Å²) in [6, 6.07) is 6.92. The minimum Gasteiger partial charge on any atom is -0.312 e. The maximum absolute atomic E-state index is 13.8. The van der Waals surface area contributed by atoms with E-state index in [4.69, 9.17) is 0 Å². The van der Waals surface area contributed by atoms with Gasteiger partial charge in [-0.05, 0) is 36.6 Å². The van der Waals surface area contributed by atoms with Gasteiger partial charge in [-0.15, -0.1) is 5.10 Å². The van der Waals surface area contributed by atoms with Crippen molar-refractivity contribution in [1.82, 2.24) is 14.9 Å². The van der Waals surface area contributed by atoms with E-state index >= 15 is 0 Å². The van der Waals surface area contributed by atoms with Crippen molar-refractivity contribution in [3.8, 4) is 0 Å². The highest BCUT2D eigenvalue weighted by Gasteiger charge is 2.27. The van der Waals surface area contributed by atoms with Gasteiger partial charge in [-0.2, -0.15) is 0 Å². The monoisotopic (exact) mass is 293 g/mol. The van der Waals surface area contributed by atoms with Crippen LogP contribution in [0.2, 0.25) is 0 Å². The lowest BCUT2D eigenvalue weighted by Gasteiger charge is -2.21. The van der Waals surface area contributed by atoms with Crippen LogP contribution in [0.4, 0.5) is 4.39 Å². The van der Waals surface area contributed by atoms with Crippen LogP contribution >= 0.6 is 11.5 Å². The summed E-state index contributed by atoms with van der Waals surface area (Å²) >= 11 is 1.39. The van der Waals surface area contributed by atoms with Crippen LogP contribution in [0, 0.1) is 5.82 Å². The molecule has 20 heavy (non-hydrogen) atoms. The average Bonchev–Trinajstić information content (AvgIpc) is 2.87. The Balaban J connectivity index is 2.30. The van der Waals surface area contributed by atoms with Gasteiger partial charge in [0, 0.05) is 11.5 Å². The minimum atomic E-state index is -0.164. The molecule has 0 saturated heterocycles. The van der Waals surface area contributed by atoms with Gasteiger partial charge in [-0.3, -0.25) is 0 Å². The summed E-state index contributed by atoms with van der Waals surface area (Å²) in [4.78, 5) is 1.09. The first kappa shape index (κ1) is 15.1. The third-order valence-electron chi connectivity index (χ3n) is 3.27. The van der Waals surface area contributed by atoms with Gasteiger partial charge >= 0.3 is 0 Å². The van der Waals surface area contributed by atoms with E-state index in [-0.39, 0.29) is 17.3 Å². The fourth-order valence-electron chi connectivity index (χ4n) is 2.16. The quantitative estimate of drug-likeness (QED) is 0.938. The number of nitrogens with one attached hydrogen (secondary N) is 1. The topological polar surface area (TPSA) is 37.8 Å². The van der Waals surface area contributed by atoms with Crippen molar-refractivity contribution in [3.63, 3.8) is 0 Å². The van der Waals surface area contributed by atoms with Crippen LogP contribution < -0.4 is 5.32 Å². The van der Waals surface area contributed by atoms with E-state index in [1.807, 2.05) is 19.2 Å². The molecule has 0 radical (unpaired) electrons. The van der Waals surface area contributed by atoms with E-state index in [1.165, 1.54) is 17.6 Å². The zero-order chi connectivity index (χ0) is 14.8. The standard InChI is InChI=1S/C15H20FN3S/c1-15(2,3)14-13(20-19-18-14)12(17-4)9-10-7-5-6-8-11(10)16/h5-8,12,17H,9H2,1-4H3. The summed E-state index contributed by atoms with van der Waals surface area (Å²) in [5, 5.41) is 7.51. The van der Waals surface area contributed by atoms with Crippen LogP contribution in [-0.4, -0.2) is 16.6 Å². The van der Waals surface area contributed by atoms with E-state index in [0.717, 1.165) is 10.6 Å². The fourth-order valence-corrected chi connectivity index (χ4v) is 3.13. The number of aromatic nitrogens is 2. The molecule has 2 rings (SSSR count). The third-order valence-corrected chi connectivity index (χ3v) is 4.11. The van der Waals surface area contributed by atoms with Gasteiger partial charge in [-0.1, -0.05) is 43.5 Å². The Bertz CT molecular complexity index is 574. The molecule has 3 nitrogen and oxygen atoms in total. The maximum atomic E-state index is 13.8. The summed E-state index contributed by atoms with van der Waals surface area (Å²) in [6.07, 6.45) is 0.593. The van der Waals surface area contributed by atoms with Crippen molar-refractivity contribution in [2.75, 3.05) is 7.05 Å². The van der Waals surface area contributed by atoms with Gasteiger partial charge in [0.25, 0.3) is 0 Å². The lowest BCUT2D eigenvalue weighted by molar-refractivity contribution is 0.522. The SMILES string of the molecule is CNC(Cc1ccccc1F)c1snnc1C(C)(C)C. The van der Waals surface area contributed by atoms with Crippen molar-refractivity contribution in [3.05, 3.63) is 46.2 Å². The smallest absolute Gasteiger partial charge is 0.126 e. The third kappa shape index (κ3) is 3.22. The number of hydrogen-bond donors (Lipinski definition) is 1. The molecule has 108 valence electrons. The van der Waals surface area contributed by atoms with Crippen molar-refractivity contribution in [1.29, 1.82) is 0 Å². The van der Waals surface area contributed by atoms with Crippen molar-refractivity contribution in [2.24, 2.45) is 0 Å². The molecule has 0 amide bonds. The zero-order valence-corrected chi connectivity index (χ0v) is 13.1. The molecule has 1 heterocycles. The molecule has 0 bridgehead atoms. The van der Waals surface area contributed by atoms with Crippen LogP contribution in [0.15, 0.2) is 24.3 Å². The van der Waals surface area contributed by atoms with E-state index in [9.17, 15) is 4.39 Å². The molecule has 0 aliphatic carbocycles. The second-order valence-electron chi connectivity index (χ2n) is 5.87. The van der Waals surface area contributed by atoms with Crippen LogP contribution in [0.3, 0.4) is 0 Å². The molecular formula is C15H20FN3S. The molecule has 0 aliphatic heterocycles. The summed E-state index contributed by atoms with van der Waals surface area (Å²) in [5.74, 6) is -0.164. The van der Waals surface area contributed by atoms with Crippen LogP contribution in [0.25, 0.3) is 0 Å². The number of halogens is 1. The minimum absolute atomic E-state index is 0.0288. The Labute approximate surface area is 123 Å². The van der Waals surface area contributed by atoms with E-state index in [1.54, 1.807) is 6.07 Å². The second kappa shape index (κ2) is 5.97. The van der Waals surface area contributed by atoms with Gasteiger partial charge in [0.05, 0.1) is 10.6 Å². The molecule has 1 unspecified atom stereocenters. The van der Waals surface area contributed by atoms with Gasteiger partial charge < -0.3 is 5.32 Å². The first-order valence-electron chi connectivity index (χ1n) is 6.67. The highest BCUT2D eigenvalue weighted by atomic mass is 32.1. The van der Waals surface area contributed by atoms with E-state index in [2.05, 4.69) is 35.7 Å². The lowest BCUT2D eigenvalue weighted by atomic mass is 9.89. The maximum Gasteiger partial charge on any atom is 0.126 e. The Morgan fingerprint density at radius 3 is 2.60 bits per heavy atom. The Morgan fingerprint density at radius 1 is 1.30 bits per heavy atom. The van der Waals surface area contributed by atoms with Crippen molar-refractivity contribution < 1.29 is 4.39 Å². The largest absolute Gasteiger partial charge is 0.312 e. The van der Waals surface area contributed by atoms with Gasteiger partial charge in [0.1, 0.15) is 5.82 Å². The number of rotatable bonds is 4. The fraction of sp³-hybridized carbons (Fsp3) is 0.467. The van der Waals surface area contributed by atoms with Crippen LogP contribution in [-0.2, 0) is 11.8 Å². The zero-order valence-electron chi connectivity index (χ0n) is 12.3. The Morgan fingerprint density at radius 2 is 2.00 bits per heavy atom. The first-order chi connectivity index (χ1) is 9.43. The van der Waals surface area contributed by atoms with Gasteiger partial charge in [0.15, 0.2) is 0 Å². The van der Waals surface area contributed by atoms with E-state index < -0.39 is 0 Å². The number of likely N-dealkylation sites (N-methyl/N-ethyl adjacent to an activating group) is 1. The van der Waals surface area contributed by atoms with Crippen molar-refractivity contribution in [2.45, 2.75) is 38.6 Å². The molecule has 1 N–H and O–H groups in total. The predicted molar refractivity (Wildman–Crippen MR) is 80.5 cm³/mol. The molecule has 0 saturated carbocycles. The summed E-state index contributed by atoms with van der Waals surface area (Å²) < 4.78 is 17.9. The summed E-state index contributed by atoms with van der Waals surface area (Å²) in [6.45, 7) is 6.34. The molecular weight excluding hydrogens is 273 g/mol. The molecule has 0 spiro atoms. The van der Waals surface area contributed by atoms with E-state index in [0.29, 0.717) is 12.0 Å². The number of hydrogen-bond acceptors (Lipinski definition) is 4. The lowest BCUT2D eigenvalue weighted by Crippen LogP contribution is -2.23. The van der Waals surface area contributed by atoms with Crippen LogP contribution in [0.1, 0.15) is 42.9 Å². The molecule has 5 heteroatoms. The average molecular weight is 293 g/mol. The molecule has 1 aromatic heterocycles. The molecule has 1 atom stereocenters. The summed E-state index contributed by atoms with van der Waals surface area (Å²) in [7, 11) is 1.89. The highest BCUT2D eigenvalue weighted by molar-refractivity contribution is 7.05. The first-order valence-corrected chi connectivity index (χ1v) is 7.44. The molecule has 1 aromatic carbocycles. The van der Waals surface area contributed by atoms with Crippen molar-refractivity contribution >= 4 is 11.5 Å². The highest BCUT2D eigenvalue weighted by Crippen LogP contribution is 2.32. The van der Waals surface area contributed by atoms with Crippen LogP contribution in [0.5, 0.6) is 0 Å². The van der Waals surface area contributed by atoms with Gasteiger partial charge in [0.2, 0.25) is 0 Å². The molecule has 0 aliphatic rings. The molecule has 0 fully saturated rings. The second-order valence-corrected chi connectivity index (χ2v) is 6.66.